The van der Waals surface area contributed by atoms with Gasteiger partial charge in [0.05, 0.1) is 6.10 Å². The molecular formula is C14H14BrNO2. The molecule has 2 rings (SSSR count). The average molecular weight is 308 g/mol. The van der Waals surface area contributed by atoms with Crippen molar-refractivity contribution in [1.82, 2.24) is 4.98 Å². The van der Waals surface area contributed by atoms with Crippen LogP contribution in [0.15, 0.2) is 53.1 Å². The number of aliphatic hydroxyl groups is 2. The first kappa shape index (κ1) is 13.2. The van der Waals surface area contributed by atoms with E-state index in [-0.39, 0.29) is 0 Å². The number of aliphatic hydroxyl groups excluding tert-OH is 2. The lowest BCUT2D eigenvalue weighted by molar-refractivity contribution is 0.0184. The lowest BCUT2D eigenvalue weighted by atomic mass is 10.0. The summed E-state index contributed by atoms with van der Waals surface area (Å²) < 4.78 is 0.893. The smallest absolute Gasteiger partial charge is 0.105 e. The molecule has 1 aromatic heterocycles. The summed E-state index contributed by atoms with van der Waals surface area (Å²) in [5.41, 5.74) is 1.46. The van der Waals surface area contributed by atoms with E-state index < -0.39 is 12.2 Å². The third-order valence-electron chi connectivity index (χ3n) is 2.71. The number of benzene rings is 1. The molecule has 0 aliphatic rings. The highest BCUT2D eigenvalue weighted by Crippen LogP contribution is 2.19. The van der Waals surface area contributed by atoms with Gasteiger partial charge in [0.25, 0.3) is 0 Å². The van der Waals surface area contributed by atoms with Crippen LogP contribution in [0, 0.1) is 0 Å². The van der Waals surface area contributed by atoms with Crippen molar-refractivity contribution < 1.29 is 10.2 Å². The van der Waals surface area contributed by atoms with Gasteiger partial charge in [-0.15, -0.1) is 0 Å². The zero-order chi connectivity index (χ0) is 13.0. The molecule has 0 amide bonds. The molecule has 0 saturated carbocycles. The molecule has 0 aliphatic carbocycles. The summed E-state index contributed by atoms with van der Waals surface area (Å²) in [5.74, 6) is 0. The van der Waals surface area contributed by atoms with E-state index in [2.05, 4.69) is 20.9 Å². The van der Waals surface area contributed by atoms with Gasteiger partial charge in [0.1, 0.15) is 6.10 Å². The van der Waals surface area contributed by atoms with Crippen molar-refractivity contribution in [1.29, 1.82) is 0 Å². The van der Waals surface area contributed by atoms with Crippen molar-refractivity contribution in [2.45, 2.75) is 18.6 Å². The molecule has 0 bridgehead atoms. The zero-order valence-corrected chi connectivity index (χ0v) is 11.3. The summed E-state index contributed by atoms with van der Waals surface area (Å²) >= 11 is 3.30. The minimum Gasteiger partial charge on any atom is -0.390 e. The summed E-state index contributed by atoms with van der Waals surface area (Å²) in [5, 5.41) is 20.0. The lowest BCUT2D eigenvalue weighted by Gasteiger charge is -2.17. The molecular weight excluding hydrogens is 294 g/mol. The summed E-state index contributed by atoms with van der Waals surface area (Å²) in [4.78, 5) is 4.18. The molecule has 0 radical (unpaired) electrons. The average Bonchev–Trinajstić information content (AvgIpc) is 2.41. The van der Waals surface area contributed by atoms with Gasteiger partial charge in [-0.25, -0.2) is 0 Å². The van der Waals surface area contributed by atoms with Crippen molar-refractivity contribution in [3.8, 4) is 0 Å². The largest absolute Gasteiger partial charge is 0.390 e. The SMILES string of the molecule is OC(Cc1ccc(Br)cn1)C(O)c1ccccc1. The molecule has 1 aromatic carbocycles. The first-order chi connectivity index (χ1) is 8.66. The van der Waals surface area contributed by atoms with E-state index in [9.17, 15) is 10.2 Å². The van der Waals surface area contributed by atoms with Crippen LogP contribution in [-0.2, 0) is 6.42 Å². The van der Waals surface area contributed by atoms with E-state index in [1.165, 1.54) is 0 Å². The van der Waals surface area contributed by atoms with Crippen molar-refractivity contribution in [2.24, 2.45) is 0 Å². The van der Waals surface area contributed by atoms with Crippen LogP contribution in [0.1, 0.15) is 17.4 Å². The molecule has 0 aliphatic heterocycles. The predicted molar refractivity (Wildman–Crippen MR) is 73.0 cm³/mol. The molecule has 0 saturated heterocycles. The summed E-state index contributed by atoms with van der Waals surface area (Å²) in [6.07, 6.45) is 0.248. The lowest BCUT2D eigenvalue weighted by Crippen LogP contribution is -2.21. The van der Waals surface area contributed by atoms with Crippen LogP contribution in [0.25, 0.3) is 0 Å². The third kappa shape index (κ3) is 3.38. The van der Waals surface area contributed by atoms with Crippen LogP contribution in [0.2, 0.25) is 0 Å². The maximum atomic E-state index is 10.0. The number of rotatable bonds is 4. The quantitative estimate of drug-likeness (QED) is 0.912. The minimum absolute atomic E-state index is 0.323. The van der Waals surface area contributed by atoms with Gasteiger partial charge < -0.3 is 10.2 Å². The van der Waals surface area contributed by atoms with Gasteiger partial charge in [-0.2, -0.15) is 0 Å². The number of hydrogen-bond donors (Lipinski definition) is 2. The molecule has 2 unspecified atom stereocenters. The first-order valence-corrected chi connectivity index (χ1v) is 6.47. The molecule has 2 N–H and O–H groups in total. The van der Waals surface area contributed by atoms with Crippen molar-refractivity contribution >= 4 is 15.9 Å². The Labute approximate surface area is 114 Å². The number of pyridine rings is 1. The standard InChI is InChI=1S/C14H14BrNO2/c15-11-6-7-12(16-9-11)8-13(17)14(18)10-4-2-1-3-5-10/h1-7,9,13-14,17-18H,8H2. The number of nitrogens with zero attached hydrogens (tertiary/aromatic N) is 1. The molecule has 1 heterocycles. The van der Waals surface area contributed by atoms with Crippen LogP contribution in [0.3, 0.4) is 0 Å². The van der Waals surface area contributed by atoms with Gasteiger partial charge in [-0.05, 0) is 33.6 Å². The van der Waals surface area contributed by atoms with Crippen LogP contribution in [-0.4, -0.2) is 21.3 Å². The molecule has 2 atom stereocenters. The van der Waals surface area contributed by atoms with Crippen LogP contribution >= 0.6 is 15.9 Å². The highest BCUT2D eigenvalue weighted by Gasteiger charge is 2.18. The maximum Gasteiger partial charge on any atom is 0.105 e. The molecule has 0 fully saturated rings. The maximum absolute atomic E-state index is 10.0. The third-order valence-corrected chi connectivity index (χ3v) is 3.18. The number of halogens is 1. The topological polar surface area (TPSA) is 53.4 Å². The van der Waals surface area contributed by atoms with Gasteiger partial charge in [0.2, 0.25) is 0 Å². The predicted octanol–water partition coefficient (Wildman–Crippen LogP) is 2.48. The normalized spacial score (nSPS) is 14.2. The second-order valence-corrected chi connectivity index (χ2v) is 5.01. The van der Waals surface area contributed by atoms with Gasteiger partial charge in [0, 0.05) is 22.8 Å². The number of hydrogen-bond acceptors (Lipinski definition) is 3. The van der Waals surface area contributed by atoms with E-state index in [1.54, 1.807) is 18.3 Å². The van der Waals surface area contributed by atoms with E-state index >= 15 is 0 Å². The Kier molecular flexibility index (Phi) is 4.47. The van der Waals surface area contributed by atoms with E-state index in [4.69, 9.17) is 0 Å². The Hall–Kier alpha value is -1.23. The van der Waals surface area contributed by atoms with Gasteiger partial charge in [0.15, 0.2) is 0 Å². The second kappa shape index (κ2) is 6.09. The Morgan fingerprint density at radius 2 is 1.78 bits per heavy atom. The zero-order valence-electron chi connectivity index (χ0n) is 9.70. The fraction of sp³-hybridized carbons (Fsp3) is 0.214. The highest BCUT2D eigenvalue weighted by molar-refractivity contribution is 9.10. The summed E-state index contributed by atoms with van der Waals surface area (Å²) in [6, 6.07) is 12.8. The fourth-order valence-electron chi connectivity index (χ4n) is 1.73. The molecule has 18 heavy (non-hydrogen) atoms. The van der Waals surface area contributed by atoms with Gasteiger partial charge in [-0.3, -0.25) is 4.98 Å². The van der Waals surface area contributed by atoms with Crippen LogP contribution < -0.4 is 0 Å². The van der Waals surface area contributed by atoms with Crippen LogP contribution in [0.4, 0.5) is 0 Å². The van der Waals surface area contributed by atoms with Gasteiger partial charge in [-0.1, -0.05) is 30.3 Å². The Bertz CT molecular complexity index is 487. The Morgan fingerprint density at radius 3 is 2.39 bits per heavy atom. The number of aromatic nitrogens is 1. The molecule has 94 valence electrons. The molecule has 3 nitrogen and oxygen atoms in total. The van der Waals surface area contributed by atoms with Crippen molar-refractivity contribution in [2.75, 3.05) is 0 Å². The van der Waals surface area contributed by atoms with Crippen LogP contribution in [0.5, 0.6) is 0 Å². The molecule has 4 heteroatoms. The van der Waals surface area contributed by atoms with Gasteiger partial charge >= 0.3 is 0 Å². The Morgan fingerprint density at radius 1 is 1.06 bits per heavy atom. The van der Waals surface area contributed by atoms with E-state index in [1.807, 2.05) is 30.3 Å². The second-order valence-electron chi connectivity index (χ2n) is 4.09. The van der Waals surface area contributed by atoms with E-state index in [0.29, 0.717) is 12.0 Å². The highest BCUT2D eigenvalue weighted by atomic mass is 79.9. The first-order valence-electron chi connectivity index (χ1n) is 5.68. The molecule has 0 spiro atoms. The Balaban J connectivity index is 2.03. The monoisotopic (exact) mass is 307 g/mol. The molecule has 2 aromatic rings. The van der Waals surface area contributed by atoms with Crippen molar-refractivity contribution in [3.05, 3.63) is 64.4 Å². The fourth-order valence-corrected chi connectivity index (χ4v) is 1.96. The summed E-state index contributed by atoms with van der Waals surface area (Å²) in [7, 11) is 0. The minimum atomic E-state index is -0.892. The van der Waals surface area contributed by atoms with Crippen molar-refractivity contribution in [3.63, 3.8) is 0 Å². The summed E-state index contributed by atoms with van der Waals surface area (Å²) in [6.45, 7) is 0. The van der Waals surface area contributed by atoms with E-state index in [0.717, 1.165) is 10.2 Å².